The van der Waals surface area contributed by atoms with Gasteiger partial charge < -0.3 is 4.79 Å². The van der Waals surface area contributed by atoms with Gasteiger partial charge in [0.15, 0.2) is 0 Å². The summed E-state index contributed by atoms with van der Waals surface area (Å²) >= 11 is 3.14. The zero-order chi connectivity index (χ0) is 8.97. The van der Waals surface area contributed by atoms with Crippen molar-refractivity contribution in [1.29, 1.82) is 5.26 Å². The highest BCUT2D eigenvalue weighted by molar-refractivity contribution is 9.09. The van der Waals surface area contributed by atoms with Gasteiger partial charge >= 0.3 is 0 Å². The third-order valence-corrected chi connectivity index (χ3v) is 2.08. The molecule has 0 aliphatic carbocycles. The molecule has 12 heavy (non-hydrogen) atoms. The standard InChI is InChI=1S/C8H5BrN2O/c9-8(5-12)6-1-2-7(3-10)11-4-6/h1-2,4-5,8H. The Morgan fingerprint density at radius 2 is 2.42 bits per heavy atom. The van der Waals surface area contributed by atoms with Crippen LogP contribution >= 0.6 is 15.9 Å². The van der Waals surface area contributed by atoms with Crippen LogP contribution in [0.4, 0.5) is 0 Å². The van der Waals surface area contributed by atoms with Gasteiger partial charge in [-0.25, -0.2) is 4.98 Å². The topological polar surface area (TPSA) is 53.8 Å². The maximum Gasteiger partial charge on any atom is 0.140 e. The number of hydrogen-bond donors (Lipinski definition) is 0. The van der Waals surface area contributed by atoms with Gasteiger partial charge in [0.2, 0.25) is 0 Å². The Bertz CT molecular complexity index is 315. The molecule has 0 amide bonds. The van der Waals surface area contributed by atoms with Crippen LogP contribution in [0.3, 0.4) is 0 Å². The summed E-state index contributed by atoms with van der Waals surface area (Å²) in [7, 11) is 0. The summed E-state index contributed by atoms with van der Waals surface area (Å²) in [5, 5.41) is 8.43. The molecule has 1 rings (SSSR count). The quantitative estimate of drug-likeness (QED) is 0.567. The summed E-state index contributed by atoms with van der Waals surface area (Å²) in [6.07, 6.45) is 2.27. The second-order valence-corrected chi connectivity index (χ2v) is 3.11. The highest BCUT2D eigenvalue weighted by atomic mass is 79.9. The van der Waals surface area contributed by atoms with Crippen LogP contribution in [-0.2, 0) is 4.79 Å². The van der Waals surface area contributed by atoms with Crippen molar-refractivity contribution in [2.45, 2.75) is 4.83 Å². The number of carbonyl (C=O) groups excluding carboxylic acids is 1. The van der Waals surface area contributed by atoms with Gasteiger partial charge in [0.05, 0.1) is 4.83 Å². The molecule has 3 nitrogen and oxygen atoms in total. The van der Waals surface area contributed by atoms with Crippen molar-refractivity contribution in [3.05, 3.63) is 29.6 Å². The predicted molar refractivity (Wildman–Crippen MR) is 46.7 cm³/mol. The Morgan fingerprint density at radius 1 is 1.67 bits per heavy atom. The van der Waals surface area contributed by atoms with Gasteiger partial charge in [-0.3, -0.25) is 0 Å². The van der Waals surface area contributed by atoms with E-state index in [9.17, 15) is 4.79 Å². The molecule has 0 radical (unpaired) electrons. The minimum atomic E-state index is -0.335. The summed E-state index contributed by atoms with van der Waals surface area (Å²) in [6, 6.07) is 5.17. The van der Waals surface area contributed by atoms with Crippen LogP contribution in [0.15, 0.2) is 18.3 Å². The summed E-state index contributed by atoms with van der Waals surface area (Å²) in [5.41, 5.74) is 1.10. The van der Waals surface area contributed by atoms with Gasteiger partial charge in [-0.1, -0.05) is 22.0 Å². The fourth-order valence-electron chi connectivity index (χ4n) is 0.713. The van der Waals surface area contributed by atoms with Crippen molar-refractivity contribution in [3.63, 3.8) is 0 Å². The summed E-state index contributed by atoms with van der Waals surface area (Å²) < 4.78 is 0. The molecule has 1 unspecified atom stereocenters. The van der Waals surface area contributed by atoms with Crippen LogP contribution in [0.2, 0.25) is 0 Å². The molecular weight excluding hydrogens is 220 g/mol. The Kier molecular flexibility index (Phi) is 2.94. The number of alkyl halides is 1. The van der Waals surface area contributed by atoms with E-state index in [2.05, 4.69) is 20.9 Å². The lowest BCUT2D eigenvalue weighted by Gasteiger charge is -1.99. The van der Waals surface area contributed by atoms with Crippen molar-refractivity contribution in [2.24, 2.45) is 0 Å². The monoisotopic (exact) mass is 224 g/mol. The van der Waals surface area contributed by atoms with Crippen LogP contribution in [-0.4, -0.2) is 11.3 Å². The van der Waals surface area contributed by atoms with Crippen LogP contribution < -0.4 is 0 Å². The van der Waals surface area contributed by atoms with Crippen molar-refractivity contribution in [3.8, 4) is 6.07 Å². The van der Waals surface area contributed by atoms with Crippen LogP contribution in [0.1, 0.15) is 16.1 Å². The Labute approximate surface area is 78.2 Å². The molecule has 0 saturated heterocycles. The molecule has 60 valence electrons. The van der Waals surface area contributed by atoms with E-state index in [-0.39, 0.29) is 4.83 Å². The number of aromatic nitrogens is 1. The first kappa shape index (κ1) is 8.88. The van der Waals surface area contributed by atoms with Gasteiger partial charge in [0.1, 0.15) is 18.0 Å². The first-order valence-electron chi connectivity index (χ1n) is 3.23. The van der Waals surface area contributed by atoms with Crippen molar-refractivity contribution >= 4 is 22.2 Å². The minimum absolute atomic E-state index is 0.335. The highest BCUT2D eigenvalue weighted by Crippen LogP contribution is 2.18. The molecule has 4 heteroatoms. The van der Waals surface area contributed by atoms with Gasteiger partial charge in [-0.05, 0) is 11.6 Å². The summed E-state index contributed by atoms with van der Waals surface area (Å²) in [5.74, 6) is 0. The molecule has 1 aromatic rings. The lowest BCUT2D eigenvalue weighted by Crippen LogP contribution is -1.92. The number of nitrogens with zero attached hydrogens (tertiary/aromatic N) is 2. The molecule has 1 atom stereocenters. The normalized spacial score (nSPS) is 11.7. The molecule has 0 bridgehead atoms. The van der Waals surface area contributed by atoms with E-state index >= 15 is 0 Å². The fourth-order valence-corrected chi connectivity index (χ4v) is 0.984. The molecule has 1 aromatic heterocycles. The minimum Gasteiger partial charge on any atom is -0.302 e. The Balaban J connectivity index is 2.93. The number of aldehydes is 1. The third-order valence-electron chi connectivity index (χ3n) is 1.34. The van der Waals surface area contributed by atoms with E-state index in [4.69, 9.17) is 5.26 Å². The van der Waals surface area contributed by atoms with Gasteiger partial charge in [-0.2, -0.15) is 5.26 Å². The van der Waals surface area contributed by atoms with Crippen molar-refractivity contribution in [2.75, 3.05) is 0 Å². The van der Waals surface area contributed by atoms with E-state index in [1.54, 1.807) is 12.1 Å². The third kappa shape index (κ3) is 1.89. The number of pyridine rings is 1. The molecule has 0 saturated carbocycles. The molecule has 0 aliphatic heterocycles. The van der Waals surface area contributed by atoms with Crippen LogP contribution in [0.5, 0.6) is 0 Å². The van der Waals surface area contributed by atoms with Gasteiger partial charge in [-0.15, -0.1) is 0 Å². The average molecular weight is 225 g/mol. The van der Waals surface area contributed by atoms with Crippen molar-refractivity contribution in [1.82, 2.24) is 4.98 Å². The maximum atomic E-state index is 10.3. The van der Waals surface area contributed by atoms with Gasteiger partial charge in [0, 0.05) is 6.20 Å². The zero-order valence-electron chi connectivity index (χ0n) is 6.07. The average Bonchev–Trinajstić information content (AvgIpc) is 2.17. The lowest BCUT2D eigenvalue weighted by molar-refractivity contribution is -0.107. The summed E-state index contributed by atoms with van der Waals surface area (Å²) in [6.45, 7) is 0. The molecule has 0 fully saturated rings. The number of nitriles is 1. The second kappa shape index (κ2) is 3.98. The molecule has 0 N–H and O–H groups in total. The first-order chi connectivity index (χ1) is 5.77. The molecular formula is C8H5BrN2O. The Hall–Kier alpha value is -1.21. The predicted octanol–water partition coefficient (Wildman–Crippen LogP) is 1.59. The zero-order valence-corrected chi connectivity index (χ0v) is 7.65. The molecule has 0 aliphatic rings. The van der Waals surface area contributed by atoms with E-state index in [1.165, 1.54) is 6.20 Å². The Morgan fingerprint density at radius 3 is 2.83 bits per heavy atom. The highest BCUT2D eigenvalue weighted by Gasteiger charge is 2.04. The van der Waals surface area contributed by atoms with Gasteiger partial charge in [0.25, 0.3) is 0 Å². The smallest absolute Gasteiger partial charge is 0.140 e. The number of carbonyl (C=O) groups is 1. The molecule has 0 aromatic carbocycles. The lowest BCUT2D eigenvalue weighted by atomic mass is 10.2. The fraction of sp³-hybridized carbons (Fsp3) is 0.125. The summed E-state index contributed by atoms with van der Waals surface area (Å²) in [4.78, 5) is 13.8. The number of halogens is 1. The van der Waals surface area contributed by atoms with E-state index in [0.717, 1.165) is 11.8 Å². The number of hydrogen-bond acceptors (Lipinski definition) is 3. The van der Waals surface area contributed by atoms with E-state index in [0.29, 0.717) is 5.69 Å². The number of rotatable bonds is 2. The van der Waals surface area contributed by atoms with Crippen LogP contribution in [0, 0.1) is 11.3 Å². The SMILES string of the molecule is N#Cc1ccc(C(Br)C=O)cn1. The first-order valence-corrected chi connectivity index (χ1v) is 4.15. The largest absolute Gasteiger partial charge is 0.302 e. The van der Waals surface area contributed by atoms with E-state index < -0.39 is 0 Å². The molecule has 1 heterocycles. The second-order valence-electron chi connectivity index (χ2n) is 2.13. The molecule has 0 spiro atoms. The maximum absolute atomic E-state index is 10.3. The van der Waals surface area contributed by atoms with Crippen LogP contribution in [0.25, 0.3) is 0 Å². The van der Waals surface area contributed by atoms with E-state index in [1.807, 2.05) is 6.07 Å². The van der Waals surface area contributed by atoms with Crippen molar-refractivity contribution < 1.29 is 4.79 Å².